The Kier molecular flexibility index (Phi) is 3.91. The van der Waals surface area contributed by atoms with E-state index < -0.39 is 10.0 Å². The number of morpholine rings is 1. The smallest absolute Gasteiger partial charge is 0.243 e. The number of nitrogens with zero attached hydrogens (tertiary/aromatic N) is 2. The van der Waals surface area contributed by atoms with Crippen molar-refractivity contribution in [2.45, 2.75) is 18.7 Å². The number of hydrogen-bond acceptors (Lipinski definition) is 4. The van der Waals surface area contributed by atoms with Gasteiger partial charge in [-0.3, -0.25) is 0 Å². The topological polar surface area (TPSA) is 59.5 Å². The van der Waals surface area contributed by atoms with E-state index >= 15 is 0 Å². The van der Waals surface area contributed by atoms with Gasteiger partial charge in [0.25, 0.3) is 0 Å². The van der Waals surface area contributed by atoms with Gasteiger partial charge in [0.1, 0.15) is 5.15 Å². The molecule has 100 valence electrons. The fourth-order valence-corrected chi connectivity index (χ4v) is 3.87. The van der Waals surface area contributed by atoms with Gasteiger partial charge in [0.05, 0.1) is 18.1 Å². The molecule has 0 aliphatic carbocycles. The Labute approximate surface area is 112 Å². The molecule has 0 amide bonds. The van der Waals surface area contributed by atoms with Gasteiger partial charge in [0, 0.05) is 18.8 Å². The molecular formula is C11H15ClN2O3S. The van der Waals surface area contributed by atoms with E-state index in [-0.39, 0.29) is 10.0 Å². The van der Waals surface area contributed by atoms with Crippen molar-refractivity contribution in [1.82, 2.24) is 9.29 Å². The third-order valence-electron chi connectivity index (χ3n) is 3.02. The molecule has 0 aromatic carbocycles. The minimum atomic E-state index is -3.51. The van der Waals surface area contributed by atoms with Gasteiger partial charge in [0.15, 0.2) is 0 Å². The second kappa shape index (κ2) is 5.13. The Hall–Kier alpha value is -0.690. The standard InChI is InChI=1S/C11H15ClN2O3S/c1-8-9(2)13-11(12)7-10(8)18(15,16)14-3-5-17-6-4-14/h7H,3-6H2,1-2H3. The predicted octanol–water partition coefficient (Wildman–Crippen LogP) is 1.37. The first-order valence-electron chi connectivity index (χ1n) is 5.64. The minimum absolute atomic E-state index is 0.199. The molecule has 2 rings (SSSR count). The van der Waals surface area contributed by atoms with Crippen LogP contribution in [0, 0.1) is 13.8 Å². The quantitative estimate of drug-likeness (QED) is 0.772. The monoisotopic (exact) mass is 290 g/mol. The van der Waals surface area contributed by atoms with E-state index in [0.717, 1.165) is 0 Å². The third-order valence-corrected chi connectivity index (χ3v) is 5.24. The molecule has 1 fully saturated rings. The highest BCUT2D eigenvalue weighted by molar-refractivity contribution is 7.89. The summed E-state index contributed by atoms with van der Waals surface area (Å²) in [6, 6.07) is 1.41. The van der Waals surface area contributed by atoms with Crippen molar-refractivity contribution in [3.05, 3.63) is 22.5 Å². The van der Waals surface area contributed by atoms with Crippen molar-refractivity contribution >= 4 is 21.6 Å². The average Bonchev–Trinajstić information content (AvgIpc) is 2.34. The van der Waals surface area contributed by atoms with E-state index in [4.69, 9.17) is 16.3 Å². The first kappa shape index (κ1) is 13.7. The van der Waals surface area contributed by atoms with Gasteiger partial charge in [-0.15, -0.1) is 0 Å². The molecule has 1 aliphatic rings. The second-order valence-corrected chi connectivity index (χ2v) is 6.46. The minimum Gasteiger partial charge on any atom is -0.379 e. The first-order chi connectivity index (χ1) is 8.43. The van der Waals surface area contributed by atoms with Gasteiger partial charge in [0.2, 0.25) is 10.0 Å². The summed E-state index contributed by atoms with van der Waals surface area (Å²) in [5.41, 5.74) is 1.28. The van der Waals surface area contributed by atoms with Crippen molar-refractivity contribution in [2.75, 3.05) is 26.3 Å². The second-order valence-electron chi connectivity index (χ2n) is 4.17. The van der Waals surface area contributed by atoms with Gasteiger partial charge < -0.3 is 4.74 Å². The molecule has 0 bridgehead atoms. The number of hydrogen-bond donors (Lipinski definition) is 0. The highest BCUT2D eigenvalue weighted by Crippen LogP contribution is 2.24. The number of ether oxygens (including phenoxy) is 1. The number of aryl methyl sites for hydroxylation is 1. The summed E-state index contributed by atoms with van der Waals surface area (Å²) in [6.45, 7) is 5.10. The Morgan fingerprint density at radius 2 is 1.94 bits per heavy atom. The molecular weight excluding hydrogens is 276 g/mol. The molecule has 1 aromatic heterocycles. The molecule has 1 aliphatic heterocycles. The molecule has 0 saturated carbocycles. The molecule has 0 N–H and O–H groups in total. The van der Waals surface area contributed by atoms with Crippen molar-refractivity contribution < 1.29 is 13.2 Å². The van der Waals surface area contributed by atoms with Crippen LogP contribution in [0.3, 0.4) is 0 Å². The van der Waals surface area contributed by atoms with Crippen molar-refractivity contribution in [3.63, 3.8) is 0 Å². The average molecular weight is 291 g/mol. The number of halogens is 1. The summed E-state index contributed by atoms with van der Waals surface area (Å²) in [6.07, 6.45) is 0. The molecule has 0 radical (unpaired) electrons. The van der Waals surface area contributed by atoms with E-state index in [1.165, 1.54) is 10.4 Å². The maximum Gasteiger partial charge on any atom is 0.243 e. The maximum atomic E-state index is 12.5. The summed E-state index contributed by atoms with van der Waals surface area (Å²) in [4.78, 5) is 4.29. The molecule has 0 spiro atoms. The molecule has 2 heterocycles. The van der Waals surface area contributed by atoms with Crippen molar-refractivity contribution in [2.24, 2.45) is 0 Å². The number of rotatable bonds is 2. The Bertz CT molecular complexity index is 554. The lowest BCUT2D eigenvalue weighted by molar-refractivity contribution is 0.0730. The van der Waals surface area contributed by atoms with E-state index in [2.05, 4.69) is 4.98 Å². The third kappa shape index (κ3) is 2.51. The zero-order valence-electron chi connectivity index (χ0n) is 10.3. The summed E-state index contributed by atoms with van der Waals surface area (Å²) in [5, 5.41) is 0.199. The van der Waals surface area contributed by atoms with Crippen LogP contribution in [-0.2, 0) is 14.8 Å². The Morgan fingerprint density at radius 3 is 2.56 bits per heavy atom. The van der Waals surface area contributed by atoms with Gasteiger partial charge >= 0.3 is 0 Å². The summed E-state index contributed by atoms with van der Waals surface area (Å²) in [7, 11) is -3.51. The van der Waals surface area contributed by atoms with Crippen LogP contribution in [0.15, 0.2) is 11.0 Å². The summed E-state index contributed by atoms with van der Waals surface area (Å²) >= 11 is 5.85. The lowest BCUT2D eigenvalue weighted by Crippen LogP contribution is -2.40. The molecule has 0 unspecified atom stereocenters. The van der Waals surface area contributed by atoms with Crippen LogP contribution in [0.2, 0.25) is 5.15 Å². The van der Waals surface area contributed by atoms with Crippen LogP contribution in [-0.4, -0.2) is 44.0 Å². The molecule has 5 nitrogen and oxygen atoms in total. The van der Waals surface area contributed by atoms with Crippen LogP contribution < -0.4 is 0 Å². The zero-order valence-corrected chi connectivity index (χ0v) is 11.9. The summed E-state index contributed by atoms with van der Waals surface area (Å²) in [5.74, 6) is 0. The van der Waals surface area contributed by atoms with Crippen LogP contribution in [0.5, 0.6) is 0 Å². The van der Waals surface area contributed by atoms with Gasteiger partial charge in [-0.2, -0.15) is 4.31 Å². The zero-order chi connectivity index (χ0) is 13.3. The highest BCUT2D eigenvalue weighted by Gasteiger charge is 2.28. The molecule has 1 saturated heterocycles. The van der Waals surface area contributed by atoms with Crippen LogP contribution in [0.4, 0.5) is 0 Å². The molecule has 1 aromatic rings. The van der Waals surface area contributed by atoms with Crippen molar-refractivity contribution in [1.29, 1.82) is 0 Å². The van der Waals surface area contributed by atoms with Crippen LogP contribution >= 0.6 is 11.6 Å². The largest absolute Gasteiger partial charge is 0.379 e. The van der Waals surface area contributed by atoms with E-state index in [1.54, 1.807) is 13.8 Å². The highest BCUT2D eigenvalue weighted by atomic mass is 35.5. The predicted molar refractivity (Wildman–Crippen MR) is 68.3 cm³/mol. The normalized spacial score (nSPS) is 17.9. The Balaban J connectivity index is 2.46. The Morgan fingerprint density at radius 1 is 1.33 bits per heavy atom. The van der Waals surface area contributed by atoms with E-state index in [9.17, 15) is 8.42 Å². The van der Waals surface area contributed by atoms with Crippen LogP contribution in [0.25, 0.3) is 0 Å². The fourth-order valence-electron chi connectivity index (χ4n) is 1.87. The van der Waals surface area contributed by atoms with Gasteiger partial charge in [-0.1, -0.05) is 11.6 Å². The first-order valence-corrected chi connectivity index (χ1v) is 7.46. The van der Waals surface area contributed by atoms with E-state index in [0.29, 0.717) is 37.6 Å². The molecule has 7 heteroatoms. The fraction of sp³-hybridized carbons (Fsp3) is 0.545. The van der Waals surface area contributed by atoms with Gasteiger partial charge in [-0.25, -0.2) is 13.4 Å². The van der Waals surface area contributed by atoms with Gasteiger partial charge in [-0.05, 0) is 25.5 Å². The molecule has 0 atom stereocenters. The summed E-state index contributed by atoms with van der Waals surface area (Å²) < 4.78 is 31.6. The lowest BCUT2D eigenvalue weighted by Gasteiger charge is -2.26. The number of pyridine rings is 1. The van der Waals surface area contributed by atoms with Crippen LogP contribution in [0.1, 0.15) is 11.3 Å². The number of aromatic nitrogens is 1. The lowest BCUT2D eigenvalue weighted by atomic mass is 10.2. The van der Waals surface area contributed by atoms with E-state index in [1.807, 2.05) is 0 Å². The van der Waals surface area contributed by atoms with Crippen molar-refractivity contribution in [3.8, 4) is 0 Å². The number of sulfonamides is 1. The molecule has 18 heavy (non-hydrogen) atoms. The SMILES string of the molecule is Cc1nc(Cl)cc(S(=O)(=O)N2CCOCC2)c1C. The maximum absolute atomic E-state index is 12.5.